The van der Waals surface area contributed by atoms with Crippen LogP contribution in [0.15, 0.2) is 0 Å². The Hall–Kier alpha value is -0.360. The van der Waals surface area contributed by atoms with Gasteiger partial charge in [0.1, 0.15) is 0 Å². The van der Waals surface area contributed by atoms with Crippen LogP contribution in [0.3, 0.4) is 0 Å². The van der Waals surface area contributed by atoms with E-state index in [0.717, 1.165) is 25.9 Å². The number of likely N-dealkylation sites (N-methyl/N-ethyl adjacent to an activating group) is 1. The summed E-state index contributed by atoms with van der Waals surface area (Å²) in [5.41, 5.74) is 5.34. The second-order valence-corrected chi connectivity index (χ2v) is 4.06. The fourth-order valence-corrected chi connectivity index (χ4v) is 2.09. The highest BCUT2D eigenvalue weighted by atomic mass is 35.5. The molecule has 0 aromatic rings. The Kier molecular flexibility index (Phi) is 9.44. The minimum atomic E-state index is 0. The number of halogens is 1. The summed E-state index contributed by atoms with van der Waals surface area (Å²) >= 11 is 0. The van der Waals surface area contributed by atoms with Crippen molar-refractivity contribution in [2.24, 2.45) is 5.73 Å². The van der Waals surface area contributed by atoms with Crippen LogP contribution in [0.1, 0.15) is 19.3 Å². The lowest BCUT2D eigenvalue weighted by Gasteiger charge is -2.34. The molecule has 1 aliphatic rings. The molecule has 3 N–H and O–H groups in total. The molecule has 1 amide bonds. The monoisotopic (exact) mass is 265 g/mol. The molecule has 5 nitrogen and oxygen atoms in total. The average molecular weight is 266 g/mol. The number of nitrogens with zero attached hydrogens (tertiary/aromatic N) is 1. The van der Waals surface area contributed by atoms with Crippen LogP contribution in [-0.4, -0.2) is 56.7 Å². The highest BCUT2D eigenvalue weighted by Gasteiger charge is 2.27. The van der Waals surface area contributed by atoms with E-state index < -0.39 is 0 Å². The summed E-state index contributed by atoms with van der Waals surface area (Å²) < 4.78 is 5.35. The van der Waals surface area contributed by atoms with Gasteiger partial charge in [0.25, 0.3) is 0 Å². The summed E-state index contributed by atoms with van der Waals surface area (Å²) in [6, 6.07) is 0.0280. The van der Waals surface area contributed by atoms with E-state index >= 15 is 0 Å². The number of nitrogens with two attached hydrogens (primary N) is 1. The van der Waals surface area contributed by atoms with Crippen molar-refractivity contribution in [2.75, 3.05) is 39.9 Å². The van der Waals surface area contributed by atoms with Gasteiger partial charge in [-0.25, -0.2) is 0 Å². The van der Waals surface area contributed by atoms with Gasteiger partial charge in [0.2, 0.25) is 5.91 Å². The van der Waals surface area contributed by atoms with E-state index in [0.29, 0.717) is 19.8 Å². The Labute approximate surface area is 109 Å². The van der Waals surface area contributed by atoms with Crippen LogP contribution >= 0.6 is 12.4 Å². The molecular formula is C11H24ClN3O2. The van der Waals surface area contributed by atoms with E-state index in [1.165, 1.54) is 6.42 Å². The molecule has 17 heavy (non-hydrogen) atoms. The molecule has 0 saturated carbocycles. The first kappa shape index (κ1) is 16.6. The van der Waals surface area contributed by atoms with Crippen molar-refractivity contribution in [2.45, 2.75) is 25.3 Å². The van der Waals surface area contributed by atoms with Crippen molar-refractivity contribution in [3.63, 3.8) is 0 Å². The first-order chi connectivity index (χ1) is 7.79. The van der Waals surface area contributed by atoms with E-state index in [1.807, 2.05) is 0 Å². The molecule has 0 radical (unpaired) electrons. The molecule has 0 aromatic carbocycles. The van der Waals surface area contributed by atoms with Crippen LogP contribution in [0, 0.1) is 0 Å². The highest BCUT2D eigenvalue weighted by Crippen LogP contribution is 2.16. The van der Waals surface area contributed by atoms with Gasteiger partial charge in [0, 0.05) is 20.1 Å². The lowest BCUT2D eigenvalue weighted by atomic mass is 10.0. The average Bonchev–Trinajstić information content (AvgIpc) is 2.34. The van der Waals surface area contributed by atoms with Gasteiger partial charge in [-0.1, -0.05) is 6.42 Å². The predicted octanol–water partition coefficient (Wildman–Crippen LogP) is -0.0160. The third kappa shape index (κ3) is 5.68. The summed E-state index contributed by atoms with van der Waals surface area (Å²) in [4.78, 5) is 13.9. The number of hydrogen-bond donors (Lipinski definition) is 2. The first-order valence-electron chi connectivity index (χ1n) is 6.03. The number of nitrogens with one attached hydrogen (secondary N) is 1. The number of carbonyl (C=O) groups excluding carboxylic acids is 1. The Morgan fingerprint density at radius 3 is 2.88 bits per heavy atom. The molecule has 0 aromatic heterocycles. The molecule has 1 saturated heterocycles. The first-order valence-corrected chi connectivity index (χ1v) is 6.03. The Morgan fingerprint density at radius 2 is 2.24 bits per heavy atom. The third-order valence-electron chi connectivity index (χ3n) is 2.95. The fraction of sp³-hybridized carbons (Fsp3) is 0.909. The van der Waals surface area contributed by atoms with Crippen molar-refractivity contribution in [3.8, 4) is 0 Å². The number of likely N-dealkylation sites (tertiary alicyclic amines) is 1. The van der Waals surface area contributed by atoms with Crippen LogP contribution in [0.4, 0.5) is 0 Å². The maximum atomic E-state index is 11.7. The zero-order valence-corrected chi connectivity index (χ0v) is 11.3. The summed E-state index contributed by atoms with van der Waals surface area (Å²) in [6.07, 6.45) is 3.26. The normalized spacial score (nSPS) is 20.7. The molecule has 1 unspecified atom stereocenters. The largest absolute Gasteiger partial charge is 0.379 e. The van der Waals surface area contributed by atoms with Crippen molar-refractivity contribution in [1.82, 2.24) is 10.2 Å². The van der Waals surface area contributed by atoms with Crippen molar-refractivity contribution < 1.29 is 9.53 Å². The standard InChI is InChI=1S/C11H23N3O2.ClH/c1-13-11(15)10-4-2-3-6-14(10)7-9-16-8-5-12;/h10H,2-9,12H2,1H3,(H,13,15);1H. The van der Waals surface area contributed by atoms with Crippen LogP contribution in [-0.2, 0) is 9.53 Å². The molecular weight excluding hydrogens is 242 g/mol. The molecule has 102 valence electrons. The Bertz CT molecular complexity index is 217. The van der Waals surface area contributed by atoms with Crippen LogP contribution in [0.25, 0.3) is 0 Å². The lowest BCUT2D eigenvalue weighted by molar-refractivity contribution is -0.127. The number of carbonyl (C=O) groups is 1. The summed E-state index contributed by atoms with van der Waals surface area (Å²) in [5, 5.41) is 2.72. The molecule has 1 atom stereocenters. The highest BCUT2D eigenvalue weighted by molar-refractivity contribution is 5.85. The van der Waals surface area contributed by atoms with E-state index in [2.05, 4.69) is 10.2 Å². The number of rotatable bonds is 6. The van der Waals surface area contributed by atoms with E-state index in [-0.39, 0.29) is 24.4 Å². The van der Waals surface area contributed by atoms with Gasteiger partial charge in [-0.15, -0.1) is 12.4 Å². The van der Waals surface area contributed by atoms with Gasteiger partial charge in [-0.2, -0.15) is 0 Å². The number of piperidine rings is 1. The van der Waals surface area contributed by atoms with Gasteiger partial charge in [-0.05, 0) is 19.4 Å². The summed E-state index contributed by atoms with van der Waals surface area (Å²) in [5.74, 6) is 0.124. The molecule has 0 bridgehead atoms. The lowest BCUT2D eigenvalue weighted by Crippen LogP contribution is -2.49. The molecule has 1 aliphatic heterocycles. The fourth-order valence-electron chi connectivity index (χ4n) is 2.09. The van der Waals surface area contributed by atoms with Gasteiger partial charge >= 0.3 is 0 Å². The zero-order chi connectivity index (χ0) is 11.8. The quantitative estimate of drug-likeness (QED) is 0.663. The van der Waals surface area contributed by atoms with Crippen LogP contribution < -0.4 is 11.1 Å². The van der Waals surface area contributed by atoms with Crippen molar-refractivity contribution in [3.05, 3.63) is 0 Å². The molecule has 0 aliphatic carbocycles. The number of ether oxygens (including phenoxy) is 1. The molecule has 1 heterocycles. The van der Waals surface area contributed by atoms with Gasteiger partial charge in [-0.3, -0.25) is 9.69 Å². The third-order valence-corrected chi connectivity index (χ3v) is 2.95. The Morgan fingerprint density at radius 1 is 1.47 bits per heavy atom. The SMILES string of the molecule is CNC(=O)C1CCCCN1CCOCCN.Cl. The molecule has 0 spiro atoms. The molecule has 1 fully saturated rings. The second kappa shape index (κ2) is 9.65. The van der Waals surface area contributed by atoms with Gasteiger partial charge in [0.05, 0.1) is 19.3 Å². The summed E-state index contributed by atoms with van der Waals surface area (Å²) in [7, 11) is 1.69. The van der Waals surface area contributed by atoms with Crippen LogP contribution in [0.2, 0.25) is 0 Å². The van der Waals surface area contributed by atoms with E-state index in [4.69, 9.17) is 10.5 Å². The minimum absolute atomic E-state index is 0. The van der Waals surface area contributed by atoms with Gasteiger partial charge in [0.15, 0.2) is 0 Å². The van der Waals surface area contributed by atoms with E-state index in [9.17, 15) is 4.79 Å². The van der Waals surface area contributed by atoms with Crippen molar-refractivity contribution >= 4 is 18.3 Å². The minimum Gasteiger partial charge on any atom is -0.379 e. The number of hydrogen-bond acceptors (Lipinski definition) is 4. The second-order valence-electron chi connectivity index (χ2n) is 4.06. The number of amides is 1. The van der Waals surface area contributed by atoms with Crippen molar-refractivity contribution in [1.29, 1.82) is 0 Å². The maximum Gasteiger partial charge on any atom is 0.237 e. The zero-order valence-electron chi connectivity index (χ0n) is 10.5. The van der Waals surface area contributed by atoms with Crippen LogP contribution in [0.5, 0.6) is 0 Å². The summed E-state index contributed by atoms with van der Waals surface area (Å²) in [6.45, 7) is 3.62. The molecule has 6 heteroatoms. The smallest absolute Gasteiger partial charge is 0.237 e. The van der Waals surface area contributed by atoms with E-state index in [1.54, 1.807) is 7.05 Å². The molecule has 1 rings (SSSR count). The Balaban J connectivity index is 0.00000256. The van der Waals surface area contributed by atoms with Gasteiger partial charge < -0.3 is 15.8 Å². The predicted molar refractivity (Wildman–Crippen MR) is 70.4 cm³/mol. The topological polar surface area (TPSA) is 67.6 Å². The maximum absolute atomic E-state index is 11.7.